The Morgan fingerprint density at radius 1 is 1.62 bits per heavy atom. The average Bonchev–Trinajstić information content (AvgIpc) is 2.42. The van der Waals surface area contributed by atoms with Crippen molar-refractivity contribution < 1.29 is 9.25 Å². The Morgan fingerprint density at radius 2 is 2.46 bits per heavy atom. The van der Waals surface area contributed by atoms with Crippen LogP contribution in [0.2, 0.25) is 0 Å². The third-order valence-electron chi connectivity index (χ3n) is 2.03. The van der Waals surface area contributed by atoms with Gasteiger partial charge in [-0.25, -0.2) is 0 Å². The highest BCUT2D eigenvalue weighted by Crippen LogP contribution is 2.22. The first-order valence-corrected chi connectivity index (χ1v) is 5.07. The Morgan fingerprint density at radius 3 is 3.00 bits per heavy atom. The van der Waals surface area contributed by atoms with Gasteiger partial charge in [0.15, 0.2) is 0 Å². The van der Waals surface area contributed by atoms with Gasteiger partial charge in [0.1, 0.15) is 24.3 Å². The number of hydrogen-bond acceptors (Lipinski definition) is 3. The largest absolute Gasteiger partial charge is 0.462 e. The smallest absolute Gasteiger partial charge is 0.149 e. The highest BCUT2D eigenvalue weighted by Gasteiger charge is 2.18. The van der Waals surface area contributed by atoms with Crippen LogP contribution in [0.5, 0.6) is 0 Å². The maximum atomic E-state index is 5.19. The summed E-state index contributed by atoms with van der Waals surface area (Å²) in [5.41, 5.74) is 0. The van der Waals surface area contributed by atoms with E-state index in [1.807, 2.05) is 6.07 Å². The standard InChI is InChI=1S/C9H10BrNO2/c10-7-4-9(12-6-7)5-11-13-8-2-1-3-8/h4-6,8H,1-3H2/b11-5+. The normalized spacial score (nSPS) is 17.6. The summed E-state index contributed by atoms with van der Waals surface area (Å²) in [4.78, 5) is 5.19. The lowest BCUT2D eigenvalue weighted by molar-refractivity contribution is 0.00685. The molecule has 4 heteroatoms. The summed E-state index contributed by atoms with van der Waals surface area (Å²) in [5, 5.41) is 3.84. The van der Waals surface area contributed by atoms with Gasteiger partial charge in [-0.15, -0.1) is 0 Å². The third kappa shape index (κ3) is 2.34. The van der Waals surface area contributed by atoms with Gasteiger partial charge in [-0.3, -0.25) is 0 Å². The molecular weight excluding hydrogens is 234 g/mol. The number of furan rings is 1. The molecule has 1 aliphatic carbocycles. The maximum absolute atomic E-state index is 5.19. The van der Waals surface area contributed by atoms with Crippen molar-refractivity contribution in [2.24, 2.45) is 5.16 Å². The van der Waals surface area contributed by atoms with Gasteiger partial charge in [0.2, 0.25) is 0 Å². The molecule has 1 heterocycles. The van der Waals surface area contributed by atoms with Crippen molar-refractivity contribution in [1.29, 1.82) is 0 Å². The van der Waals surface area contributed by atoms with E-state index in [2.05, 4.69) is 21.1 Å². The fourth-order valence-electron chi connectivity index (χ4n) is 1.04. The molecule has 0 unspecified atom stereocenters. The first kappa shape index (κ1) is 8.81. The average molecular weight is 244 g/mol. The van der Waals surface area contributed by atoms with E-state index in [4.69, 9.17) is 9.25 Å². The van der Waals surface area contributed by atoms with Crippen LogP contribution in [-0.4, -0.2) is 12.3 Å². The van der Waals surface area contributed by atoms with E-state index >= 15 is 0 Å². The third-order valence-corrected chi connectivity index (χ3v) is 2.45. The maximum Gasteiger partial charge on any atom is 0.149 e. The van der Waals surface area contributed by atoms with Gasteiger partial charge in [-0.2, -0.15) is 0 Å². The predicted molar refractivity (Wildman–Crippen MR) is 52.7 cm³/mol. The molecule has 0 amide bonds. The number of rotatable bonds is 3. The van der Waals surface area contributed by atoms with Crippen LogP contribution in [0.1, 0.15) is 25.0 Å². The topological polar surface area (TPSA) is 34.7 Å². The van der Waals surface area contributed by atoms with Crippen molar-refractivity contribution in [2.45, 2.75) is 25.4 Å². The van der Waals surface area contributed by atoms with Gasteiger partial charge < -0.3 is 9.25 Å². The van der Waals surface area contributed by atoms with Crippen molar-refractivity contribution in [2.75, 3.05) is 0 Å². The quantitative estimate of drug-likeness (QED) is 0.605. The Hall–Kier alpha value is -0.770. The fraction of sp³-hybridized carbons (Fsp3) is 0.444. The van der Waals surface area contributed by atoms with E-state index in [0.717, 1.165) is 17.3 Å². The molecular formula is C9H10BrNO2. The SMILES string of the molecule is Brc1coc(/C=N/OC2CCC2)c1. The molecule has 2 rings (SSSR count). The lowest BCUT2D eigenvalue weighted by Crippen LogP contribution is -2.18. The van der Waals surface area contributed by atoms with Crippen LogP contribution >= 0.6 is 15.9 Å². The molecule has 1 saturated carbocycles. The summed E-state index contributed by atoms with van der Waals surface area (Å²) in [7, 11) is 0. The Bertz CT molecular complexity index is 304. The molecule has 0 bridgehead atoms. The van der Waals surface area contributed by atoms with Crippen LogP contribution in [-0.2, 0) is 4.84 Å². The minimum absolute atomic E-state index is 0.328. The van der Waals surface area contributed by atoms with E-state index in [-0.39, 0.29) is 0 Å². The molecule has 0 spiro atoms. The molecule has 3 nitrogen and oxygen atoms in total. The number of hydrogen-bond donors (Lipinski definition) is 0. The highest BCUT2D eigenvalue weighted by molar-refractivity contribution is 9.10. The van der Waals surface area contributed by atoms with Crippen LogP contribution in [0.15, 0.2) is 26.4 Å². The second kappa shape index (κ2) is 3.96. The second-order valence-corrected chi connectivity index (χ2v) is 3.98. The first-order chi connectivity index (χ1) is 6.34. The zero-order valence-electron chi connectivity index (χ0n) is 7.07. The van der Waals surface area contributed by atoms with Crippen molar-refractivity contribution in [3.63, 3.8) is 0 Å². The van der Waals surface area contributed by atoms with Crippen molar-refractivity contribution in [1.82, 2.24) is 0 Å². The predicted octanol–water partition coefficient (Wildman–Crippen LogP) is 2.95. The number of halogens is 1. The van der Waals surface area contributed by atoms with Crippen molar-refractivity contribution in [3.05, 3.63) is 22.6 Å². The summed E-state index contributed by atoms with van der Waals surface area (Å²) >= 11 is 3.28. The Kier molecular flexibility index (Phi) is 2.68. The number of oxime groups is 1. The van der Waals surface area contributed by atoms with E-state index < -0.39 is 0 Å². The van der Waals surface area contributed by atoms with Gasteiger partial charge in [-0.05, 0) is 41.3 Å². The van der Waals surface area contributed by atoms with E-state index in [9.17, 15) is 0 Å². The van der Waals surface area contributed by atoms with Gasteiger partial charge in [0.25, 0.3) is 0 Å². The lowest BCUT2D eigenvalue weighted by atomic mass is 9.97. The molecule has 0 aromatic carbocycles. The van der Waals surface area contributed by atoms with Crippen LogP contribution in [0.4, 0.5) is 0 Å². The summed E-state index contributed by atoms with van der Waals surface area (Å²) in [6, 6.07) is 1.84. The summed E-state index contributed by atoms with van der Waals surface area (Å²) in [5.74, 6) is 0.700. The summed E-state index contributed by atoms with van der Waals surface area (Å²) < 4.78 is 6.04. The molecule has 0 aliphatic heterocycles. The van der Waals surface area contributed by atoms with Crippen LogP contribution in [0, 0.1) is 0 Å². The molecule has 0 N–H and O–H groups in total. The van der Waals surface area contributed by atoms with Crippen LogP contribution < -0.4 is 0 Å². The summed E-state index contributed by atoms with van der Waals surface area (Å²) in [6.07, 6.45) is 7.04. The van der Waals surface area contributed by atoms with E-state index in [0.29, 0.717) is 11.9 Å². The van der Waals surface area contributed by atoms with Crippen LogP contribution in [0.25, 0.3) is 0 Å². The van der Waals surface area contributed by atoms with Crippen molar-refractivity contribution >= 4 is 22.1 Å². The van der Waals surface area contributed by atoms with E-state index in [1.54, 1.807) is 12.5 Å². The second-order valence-electron chi connectivity index (χ2n) is 3.06. The van der Waals surface area contributed by atoms with Crippen molar-refractivity contribution in [3.8, 4) is 0 Å². The first-order valence-electron chi connectivity index (χ1n) is 4.28. The Balaban J connectivity index is 1.82. The Labute approximate surface area is 84.9 Å². The van der Waals surface area contributed by atoms with E-state index in [1.165, 1.54) is 6.42 Å². The zero-order chi connectivity index (χ0) is 9.10. The fourth-order valence-corrected chi connectivity index (χ4v) is 1.36. The molecule has 1 aromatic rings. The monoisotopic (exact) mass is 243 g/mol. The highest BCUT2D eigenvalue weighted by atomic mass is 79.9. The minimum Gasteiger partial charge on any atom is -0.462 e. The molecule has 1 aromatic heterocycles. The zero-order valence-corrected chi connectivity index (χ0v) is 8.66. The van der Waals surface area contributed by atoms with Gasteiger partial charge in [0.05, 0.1) is 4.47 Å². The molecule has 0 saturated heterocycles. The van der Waals surface area contributed by atoms with Crippen LogP contribution in [0.3, 0.4) is 0 Å². The molecule has 1 fully saturated rings. The molecule has 0 radical (unpaired) electrons. The molecule has 0 atom stereocenters. The summed E-state index contributed by atoms with van der Waals surface area (Å²) in [6.45, 7) is 0. The molecule has 13 heavy (non-hydrogen) atoms. The van der Waals surface area contributed by atoms with Gasteiger partial charge in [0, 0.05) is 0 Å². The van der Waals surface area contributed by atoms with Gasteiger partial charge >= 0.3 is 0 Å². The van der Waals surface area contributed by atoms with Gasteiger partial charge in [-0.1, -0.05) is 5.16 Å². The molecule has 1 aliphatic rings. The minimum atomic E-state index is 0.328. The number of nitrogens with zero attached hydrogens (tertiary/aromatic N) is 1. The lowest BCUT2D eigenvalue weighted by Gasteiger charge is -2.21. The molecule has 70 valence electrons.